The zero-order valence-electron chi connectivity index (χ0n) is 13.4. The summed E-state index contributed by atoms with van der Waals surface area (Å²) in [5, 5.41) is 3.64. The van der Waals surface area contributed by atoms with Crippen molar-refractivity contribution in [1.82, 2.24) is 5.32 Å². The summed E-state index contributed by atoms with van der Waals surface area (Å²) in [4.78, 5) is 0. The largest absolute Gasteiger partial charge is 0.490 e. The number of nitrogens with one attached hydrogen (secondary N) is 1. The van der Waals surface area contributed by atoms with Crippen molar-refractivity contribution in [3.63, 3.8) is 0 Å². The zero-order chi connectivity index (χ0) is 15.1. The second-order valence-electron chi connectivity index (χ2n) is 5.59. The molecular formula is C17H27NO3. The van der Waals surface area contributed by atoms with E-state index >= 15 is 0 Å². The Morgan fingerprint density at radius 2 is 2.00 bits per heavy atom. The Balaban J connectivity index is 2.04. The maximum Gasteiger partial charge on any atom is 0.161 e. The van der Waals surface area contributed by atoms with Crippen LogP contribution in [-0.4, -0.2) is 33.0 Å². The van der Waals surface area contributed by atoms with Crippen LogP contribution in [0.25, 0.3) is 0 Å². The fourth-order valence-corrected chi connectivity index (χ4v) is 2.66. The van der Waals surface area contributed by atoms with E-state index in [9.17, 15) is 0 Å². The Labute approximate surface area is 127 Å². The highest BCUT2D eigenvalue weighted by molar-refractivity contribution is 5.44. The van der Waals surface area contributed by atoms with Gasteiger partial charge in [0, 0.05) is 25.6 Å². The molecule has 0 fully saturated rings. The van der Waals surface area contributed by atoms with E-state index < -0.39 is 0 Å². The smallest absolute Gasteiger partial charge is 0.161 e. The molecule has 0 spiro atoms. The Morgan fingerprint density at radius 1 is 1.24 bits per heavy atom. The number of hydrogen-bond acceptors (Lipinski definition) is 4. The third-order valence-electron chi connectivity index (χ3n) is 3.76. The third-order valence-corrected chi connectivity index (χ3v) is 3.76. The first-order chi connectivity index (χ1) is 10.2. The van der Waals surface area contributed by atoms with Gasteiger partial charge in [-0.1, -0.05) is 19.4 Å². The number of fused-ring (bicyclic) bond motifs is 1. The van der Waals surface area contributed by atoms with Gasteiger partial charge < -0.3 is 19.5 Å². The van der Waals surface area contributed by atoms with Gasteiger partial charge in [0.1, 0.15) is 0 Å². The molecular weight excluding hydrogens is 266 g/mol. The summed E-state index contributed by atoms with van der Waals surface area (Å²) in [5.74, 6) is 1.71. The van der Waals surface area contributed by atoms with Crippen molar-refractivity contribution in [3.8, 4) is 11.5 Å². The van der Waals surface area contributed by atoms with Crippen molar-refractivity contribution < 1.29 is 14.2 Å². The molecule has 4 heteroatoms. The highest BCUT2D eigenvalue weighted by atomic mass is 16.5. The zero-order valence-corrected chi connectivity index (χ0v) is 13.4. The molecule has 1 aliphatic heterocycles. The fourth-order valence-electron chi connectivity index (χ4n) is 2.66. The first kappa shape index (κ1) is 16.1. The van der Waals surface area contributed by atoms with Crippen LogP contribution in [-0.2, 0) is 4.74 Å². The van der Waals surface area contributed by atoms with E-state index in [0.717, 1.165) is 50.6 Å². The summed E-state index contributed by atoms with van der Waals surface area (Å²) >= 11 is 0. The van der Waals surface area contributed by atoms with E-state index in [1.807, 2.05) is 6.07 Å². The van der Waals surface area contributed by atoms with Crippen LogP contribution in [0.4, 0.5) is 0 Å². The van der Waals surface area contributed by atoms with Gasteiger partial charge in [0.25, 0.3) is 0 Å². The minimum absolute atomic E-state index is 0.258. The number of benzene rings is 1. The molecule has 1 aliphatic rings. The van der Waals surface area contributed by atoms with Crippen LogP contribution >= 0.6 is 0 Å². The van der Waals surface area contributed by atoms with Crippen molar-refractivity contribution in [2.75, 3.05) is 26.9 Å². The lowest BCUT2D eigenvalue weighted by molar-refractivity contribution is 0.157. The van der Waals surface area contributed by atoms with E-state index in [1.54, 1.807) is 7.11 Å². The summed E-state index contributed by atoms with van der Waals surface area (Å²) in [7, 11) is 1.75. The van der Waals surface area contributed by atoms with E-state index in [-0.39, 0.29) is 6.04 Å². The summed E-state index contributed by atoms with van der Waals surface area (Å²) in [6.45, 7) is 6.57. The Hall–Kier alpha value is -1.26. The Morgan fingerprint density at radius 3 is 2.71 bits per heavy atom. The van der Waals surface area contributed by atoms with E-state index in [2.05, 4.69) is 31.3 Å². The minimum atomic E-state index is 0.258. The molecule has 2 unspecified atom stereocenters. The quantitative estimate of drug-likeness (QED) is 0.837. The molecule has 118 valence electrons. The average molecular weight is 293 g/mol. The molecule has 21 heavy (non-hydrogen) atoms. The van der Waals surface area contributed by atoms with Crippen LogP contribution in [0, 0.1) is 0 Å². The first-order valence-corrected chi connectivity index (χ1v) is 7.89. The molecule has 0 amide bonds. The molecule has 0 radical (unpaired) electrons. The van der Waals surface area contributed by atoms with Gasteiger partial charge in [-0.25, -0.2) is 0 Å². The molecule has 0 saturated heterocycles. The molecule has 0 saturated carbocycles. The van der Waals surface area contributed by atoms with Crippen LogP contribution in [0.1, 0.15) is 44.7 Å². The predicted octanol–water partition coefficient (Wildman–Crippen LogP) is 3.31. The minimum Gasteiger partial charge on any atom is -0.490 e. The molecule has 1 aromatic carbocycles. The number of methoxy groups -OCH3 is 1. The van der Waals surface area contributed by atoms with Gasteiger partial charge in [0.05, 0.1) is 19.8 Å². The van der Waals surface area contributed by atoms with Crippen LogP contribution in [0.5, 0.6) is 11.5 Å². The third kappa shape index (κ3) is 4.61. The molecule has 2 rings (SSSR count). The number of ether oxygens (including phenoxy) is 3. The van der Waals surface area contributed by atoms with Crippen LogP contribution in [0.15, 0.2) is 18.2 Å². The molecule has 1 aromatic rings. The number of rotatable bonds is 7. The first-order valence-electron chi connectivity index (χ1n) is 7.89. The second kappa shape index (κ2) is 8.25. The second-order valence-corrected chi connectivity index (χ2v) is 5.59. The van der Waals surface area contributed by atoms with Crippen molar-refractivity contribution in [1.29, 1.82) is 0 Å². The predicted molar refractivity (Wildman–Crippen MR) is 84.2 cm³/mol. The topological polar surface area (TPSA) is 39.7 Å². The molecule has 4 nitrogen and oxygen atoms in total. The van der Waals surface area contributed by atoms with Crippen molar-refractivity contribution >= 4 is 0 Å². The van der Waals surface area contributed by atoms with Crippen molar-refractivity contribution in [2.45, 2.75) is 45.2 Å². The van der Waals surface area contributed by atoms with Gasteiger partial charge in [-0.15, -0.1) is 0 Å². The Bertz CT molecular complexity index is 430. The average Bonchev–Trinajstić information content (AvgIpc) is 2.72. The van der Waals surface area contributed by atoms with Crippen molar-refractivity contribution in [3.05, 3.63) is 23.8 Å². The number of hydrogen-bond donors (Lipinski definition) is 1. The molecule has 0 aliphatic carbocycles. The monoisotopic (exact) mass is 293 g/mol. The molecule has 0 bridgehead atoms. The lowest BCUT2D eigenvalue weighted by Gasteiger charge is -2.23. The summed E-state index contributed by atoms with van der Waals surface area (Å²) in [6, 6.07) is 6.86. The normalized spacial score (nSPS) is 17.1. The molecule has 2 atom stereocenters. The summed E-state index contributed by atoms with van der Waals surface area (Å²) in [5.41, 5.74) is 1.22. The van der Waals surface area contributed by atoms with E-state index in [1.165, 1.54) is 5.56 Å². The van der Waals surface area contributed by atoms with Gasteiger partial charge in [-0.05, 0) is 31.0 Å². The maximum absolute atomic E-state index is 5.76. The summed E-state index contributed by atoms with van der Waals surface area (Å²) < 4.78 is 16.7. The Kier molecular flexibility index (Phi) is 6.33. The van der Waals surface area contributed by atoms with Crippen LogP contribution in [0.2, 0.25) is 0 Å². The van der Waals surface area contributed by atoms with Crippen molar-refractivity contribution in [2.24, 2.45) is 0 Å². The molecule has 1 N–H and O–H groups in total. The SMILES string of the molecule is CCCC(COC)NC(C)c1ccc2c(c1)OCCCO2. The molecule has 0 aromatic heterocycles. The van der Waals surface area contributed by atoms with Gasteiger partial charge in [-0.3, -0.25) is 0 Å². The highest BCUT2D eigenvalue weighted by Gasteiger charge is 2.16. The standard InChI is InChI=1S/C17H27NO3/c1-4-6-15(12-19-3)18-13(2)14-7-8-16-17(11-14)21-10-5-9-20-16/h7-8,11,13,15,18H,4-6,9-10,12H2,1-3H3. The fraction of sp³-hybridized carbons (Fsp3) is 0.647. The van der Waals surface area contributed by atoms with E-state index in [0.29, 0.717) is 6.04 Å². The summed E-state index contributed by atoms with van der Waals surface area (Å²) in [6.07, 6.45) is 3.20. The van der Waals surface area contributed by atoms with Gasteiger partial charge in [0.15, 0.2) is 11.5 Å². The maximum atomic E-state index is 5.76. The highest BCUT2D eigenvalue weighted by Crippen LogP contribution is 2.32. The lowest BCUT2D eigenvalue weighted by atomic mass is 10.1. The van der Waals surface area contributed by atoms with Gasteiger partial charge in [0.2, 0.25) is 0 Å². The van der Waals surface area contributed by atoms with Gasteiger partial charge in [-0.2, -0.15) is 0 Å². The van der Waals surface area contributed by atoms with Crippen LogP contribution < -0.4 is 14.8 Å². The molecule has 1 heterocycles. The lowest BCUT2D eigenvalue weighted by Crippen LogP contribution is -2.35. The van der Waals surface area contributed by atoms with Gasteiger partial charge >= 0.3 is 0 Å². The van der Waals surface area contributed by atoms with E-state index in [4.69, 9.17) is 14.2 Å². The van der Waals surface area contributed by atoms with Crippen LogP contribution in [0.3, 0.4) is 0 Å².